The Labute approximate surface area is 126 Å². The smallest absolute Gasteiger partial charge is 0.126 e. The van der Waals surface area contributed by atoms with E-state index < -0.39 is 11.6 Å². The van der Waals surface area contributed by atoms with E-state index in [-0.39, 0.29) is 18.7 Å². The maximum Gasteiger partial charge on any atom is 0.126 e. The van der Waals surface area contributed by atoms with E-state index in [1.165, 1.54) is 12.1 Å². The van der Waals surface area contributed by atoms with Gasteiger partial charge in [-0.1, -0.05) is 6.92 Å². The molecule has 0 radical (unpaired) electrons. The Bertz CT molecular complexity index is 408. The molecule has 5 heteroatoms. The average Bonchev–Trinajstić information content (AvgIpc) is 2.45. The van der Waals surface area contributed by atoms with Crippen LogP contribution in [-0.4, -0.2) is 42.8 Å². The molecule has 0 spiro atoms. The van der Waals surface area contributed by atoms with Crippen LogP contribution in [0.4, 0.5) is 8.78 Å². The predicted octanol–water partition coefficient (Wildman–Crippen LogP) is 2.71. The molecule has 2 unspecified atom stereocenters. The minimum atomic E-state index is -0.551. The fraction of sp³-hybridized carbons (Fsp3) is 0.625. The number of nitrogens with one attached hydrogen (secondary N) is 1. The molecule has 0 saturated carbocycles. The number of hydrogen-bond acceptors (Lipinski definition) is 3. The molecule has 0 aliphatic rings. The van der Waals surface area contributed by atoms with Crippen LogP contribution in [0.5, 0.6) is 0 Å². The van der Waals surface area contributed by atoms with Gasteiger partial charge in [-0.15, -0.1) is 0 Å². The van der Waals surface area contributed by atoms with Crippen molar-refractivity contribution < 1.29 is 13.9 Å². The fourth-order valence-electron chi connectivity index (χ4n) is 2.17. The molecular formula is C16H26F2N2O. The van der Waals surface area contributed by atoms with Crippen LogP contribution in [-0.2, 0) is 0 Å². The first-order valence-electron chi connectivity index (χ1n) is 7.48. The van der Waals surface area contributed by atoms with Gasteiger partial charge >= 0.3 is 0 Å². The fourth-order valence-corrected chi connectivity index (χ4v) is 2.17. The van der Waals surface area contributed by atoms with E-state index in [1.54, 1.807) is 0 Å². The molecule has 1 aromatic carbocycles. The lowest BCUT2D eigenvalue weighted by Gasteiger charge is -2.26. The Kier molecular flexibility index (Phi) is 7.78. The van der Waals surface area contributed by atoms with Crippen LogP contribution in [0.2, 0.25) is 0 Å². The van der Waals surface area contributed by atoms with Crippen LogP contribution in [0.3, 0.4) is 0 Å². The molecule has 0 fully saturated rings. The summed E-state index contributed by atoms with van der Waals surface area (Å²) in [5.74, 6) is -1.10. The molecule has 3 nitrogen and oxygen atoms in total. The Morgan fingerprint density at radius 1 is 1.24 bits per heavy atom. The van der Waals surface area contributed by atoms with Gasteiger partial charge < -0.3 is 15.3 Å². The molecule has 120 valence electrons. The zero-order valence-electron chi connectivity index (χ0n) is 13.1. The number of likely N-dealkylation sites (N-methyl/N-ethyl adjacent to an activating group) is 1. The minimum Gasteiger partial charge on any atom is -0.395 e. The number of aliphatic hydroxyl groups is 1. The summed E-state index contributed by atoms with van der Waals surface area (Å²) in [6.07, 6.45) is 1.68. The topological polar surface area (TPSA) is 35.5 Å². The molecule has 0 aliphatic carbocycles. The van der Waals surface area contributed by atoms with Crippen molar-refractivity contribution >= 4 is 0 Å². The molecular weight excluding hydrogens is 274 g/mol. The summed E-state index contributed by atoms with van der Waals surface area (Å²) in [5, 5.41) is 12.5. The van der Waals surface area contributed by atoms with Crippen molar-refractivity contribution in [2.24, 2.45) is 0 Å². The highest BCUT2D eigenvalue weighted by Crippen LogP contribution is 2.20. The molecule has 0 aliphatic heterocycles. The second-order valence-corrected chi connectivity index (χ2v) is 5.51. The van der Waals surface area contributed by atoms with E-state index in [0.717, 1.165) is 32.0 Å². The standard InChI is InChI=1S/C16H26F2N2O/c1-4-6-19-16(5-7-20(3)12(2)11-21)13-8-14(17)10-15(18)9-13/h8-10,12,16,19,21H,4-7,11H2,1-3H3. The molecule has 2 N–H and O–H groups in total. The first kappa shape index (κ1) is 18.0. The summed E-state index contributed by atoms with van der Waals surface area (Å²) in [7, 11) is 1.93. The van der Waals surface area contributed by atoms with Crippen molar-refractivity contribution in [1.82, 2.24) is 10.2 Å². The van der Waals surface area contributed by atoms with Gasteiger partial charge in [-0.05, 0) is 51.1 Å². The van der Waals surface area contributed by atoms with Gasteiger partial charge in [-0.2, -0.15) is 0 Å². The van der Waals surface area contributed by atoms with Crippen molar-refractivity contribution in [2.45, 2.75) is 38.8 Å². The first-order chi connectivity index (χ1) is 9.97. The molecule has 0 aromatic heterocycles. The van der Waals surface area contributed by atoms with Crippen LogP contribution in [0.15, 0.2) is 18.2 Å². The third-order valence-electron chi connectivity index (χ3n) is 3.72. The van der Waals surface area contributed by atoms with Crippen LogP contribution >= 0.6 is 0 Å². The highest BCUT2D eigenvalue weighted by molar-refractivity contribution is 5.21. The summed E-state index contributed by atoms with van der Waals surface area (Å²) in [5.41, 5.74) is 0.631. The Hall–Kier alpha value is -1.04. The van der Waals surface area contributed by atoms with Gasteiger partial charge in [0.25, 0.3) is 0 Å². The highest BCUT2D eigenvalue weighted by atomic mass is 19.1. The van der Waals surface area contributed by atoms with Gasteiger partial charge in [-0.3, -0.25) is 0 Å². The summed E-state index contributed by atoms with van der Waals surface area (Å²) in [6, 6.07) is 3.63. The van der Waals surface area contributed by atoms with Crippen molar-refractivity contribution in [3.63, 3.8) is 0 Å². The van der Waals surface area contributed by atoms with Gasteiger partial charge in [0.05, 0.1) is 6.61 Å². The van der Waals surface area contributed by atoms with Gasteiger partial charge in [-0.25, -0.2) is 8.78 Å². The molecule has 1 aromatic rings. The Morgan fingerprint density at radius 3 is 2.38 bits per heavy atom. The van der Waals surface area contributed by atoms with Gasteiger partial charge in [0.1, 0.15) is 11.6 Å². The number of hydrogen-bond donors (Lipinski definition) is 2. The average molecular weight is 300 g/mol. The normalized spacial score (nSPS) is 14.4. The lowest BCUT2D eigenvalue weighted by molar-refractivity contribution is 0.154. The Morgan fingerprint density at radius 2 is 1.86 bits per heavy atom. The monoisotopic (exact) mass is 300 g/mol. The molecule has 0 saturated heterocycles. The van der Waals surface area contributed by atoms with Crippen molar-refractivity contribution in [2.75, 3.05) is 26.7 Å². The molecule has 0 bridgehead atoms. The van der Waals surface area contributed by atoms with E-state index in [9.17, 15) is 8.78 Å². The summed E-state index contributed by atoms with van der Waals surface area (Å²) in [6.45, 7) is 5.62. The second-order valence-electron chi connectivity index (χ2n) is 5.51. The number of rotatable bonds is 9. The first-order valence-corrected chi connectivity index (χ1v) is 7.48. The minimum absolute atomic E-state index is 0.0704. The van der Waals surface area contributed by atoms with Gasteiger partial charge in [0, 0.05) is 24.7 Å². The molecule has 2 atom stereocenters. The number of aliphatic hydroxyl groups excluding tert-OH is 1. The number of halogens is 2. The predicted molar refractivity (Wildman–Crippen MR) is 81.2 cm³/mol. The third kappa shape index (κ3) is 6.08. The lowest BCUT2D eigenvalue weighted by atomic mass is 10.0. The summed E-state index contributed by atoms with van der Waals surface area (Å²) in [4.78, 5) is 2.04. The number of nitrogens with zero attached hydrogens (tertiary/aromatic N) is 1. The van der Waals surface area contributed by atoms with E-state index in [0.29, 0.717) is 5.56 Å². The second kappa shape index (κ2) is 9.07. The van der Waals surface area contributed by atoms with Crippen molar-refractivity contribution in [3.05, 3.63) is 35.4 Å². The molecule has 1 rings (SSSR count). The van der Waals surface area contributed by atoms with E-state index in [4.69, 9.17) is 5.11 Å². The molecule has 0 heterocycles. The van der Waals surface area contributed by atoms with Crippen molar-refractivity contribution in [3.8, 4) is 0 Å². The maximum absolute atomic E-state index is 13.4. The summed E-state index contributed by atoms with van der Waals surface area (Å²) < 4.78 is 26.8. The van der Waals surface area contributed by atoms with Gasteiger partial charge in [0.2, 0.25) is 0 Å². The largest absolute Gasteiger partial charge is 0.395 e. The van der Waals surface area contributed by atoms with E-state index in [2.05, 4.69) is 12.2 Å². The lowest BCUT2D eigenvalue weighted by Crippen LogP contribution is -2.35. The zero-order valence-corrected chi connectivity index (χ0v) is 13.1. The van der Waals surface area contributed by atoms with E-state index in [1.807, 2.05) is 18.9 Å². The molecule has 21 heavy (non-hydrogen) atoms. The molecule has 0 amide bonds. The Balaban J connectivity index is 2.75. The van der Waals surface area contributed by atoms with Crippen LogP contribution < -0.4 is 5.32 Å². The van der Waals surface area contributed by atoms with E-state index >= 15 is 0 Å². The SMILES string of the molecule is CCCNC(CCN(C)C(C)CO)c1cc(F)cc(F)c1. The van der Waals surface area contributed by atoms with Crippen LogP contribution in [0, 0.1) is 11.6 Å². The summed E-state index contributed by atoms with van der Waals surface area (Å²) >= 11 is 0. The number of benzene rings is 1. The third-order valence-corrected chi connectivity index (χ3v) is 3.72. The maximum atomic E-state index is 13.4. The highest BCUT2D eigenvalue weighted by Gasteiger charge is 2.15. The quantitative estimate of drug-likeness (QED) is 0.736. The van der Waals surface area contributed by atoms with Gasteiger partial charge in [0.15, 0.2) is 0 Å². The van der Waals surface area contributed by atoms with Crippen LogP contribution in [0.1, 0.15) is 38.3 Å². The van der Waals surface area contributed by atoms with Crippen molar-refractivity contribution in [1.29, 1.82) is 0 Å². The zero-order chi connectivity index (χ0) is 15.8. The van der Waals surface area contributed by atoms with Crippen LogP contribution in [0.25, 0.3) is 0 Å².